The van der Waals surface area contributed by atoms with E-state index in [0.29, 0.717) is 11.1 Å². The predicted octanol–water partition coefficient (Wildman–Crippen LogP) is 3.16. The van der Waals surface area contributed by atoms with Crippen LogP contribution in [0, 0.1) is 27.4 Å². The molecule has 272 valence electrons. The van der Waals surface area contributed by atoms with Gasteiger partial charge in [0.05, 0.1) is 34.6 Å². The van der Waals surface area contributed by atoms with Crippen molar-refractivity contribution in [3.8, 4) is 0 Å². The summed E-state index contributed by atoms with van der Waals surface area (Å²) in [7, 11) is 2.87. The number of allylic oxidation sites excluding steroid dienone is 9. The van der Waals surface area contributed by atoms with Gasteiger partial charge in [-0.15, -0.1) is 0 Å². The van der Waals surface area contributed by atoms with Crippen LogP contribution < -0.4 is 5.32 Å². The number of likely N-dealkylation sites (N-methyl/N-ethyl adjacent to an activating group) is 1. The molecule has 2 amide bonds. The number of ether oxygens (including phenoxy) is 2. The quantitative estimate of drug-likeness (QED) is 0.0812. The Kier molecular flexibility index (Phi) is 14.0. The minimum absolute atomic E-state index is 0.0567. The van der Waals surface area contributed by atoms with Gasteiger partial charge in [0.25, 0.3) is 0 Å². The number of cyclic esters (lactones) is 1. The zero-order valence-electron chi connectivity index (χ0n) is 30.2. The Morgan fingerprint density at radius 3 is 2.33 bits per heavy atom. The first-order valence-corrected chi connectivity index (χ1v) is 16.3. The number of likely N-dealkylation sites (tertiary alicyclic amines) is 1. The van der Waals surface area contributed by atoms with Gasteiger partial charge in [0, 0.05) is 33.2 Å². The molecule has 0 saturated carbocycles. The molecule has 2 heterocycles. The number of hydrogen-bond donors (Lipinski definition) is 4. The highest BCUT2D eigenvalue weighted by Crippen LogP contribution is 2.54. The molecule has 0 unspecified atom stereocenters. The molecule has 13 heteroatoms. The normalized spacial score (nSPS) is 27.9. The Hall–Kier alpha value is -3.91. The number of carbonyl (C=O) groups excluding carboxylic acids is 3. The fourth-order valence-corrected chi connectivity index (χ4v) is 6.46. The van der Waals surface area contributed by atoms with Gasteiger partial charge in [-0.25, -0.2) is 4.79 Å². The van der Waals surface area contributed by atoms with Crippen molar-refractivity contribution in [1.82, 2.24) is 10.2 Å². The van der Waals surface area contributed by atoms with E-state index in [2.05, 4.69) is 5.32 Å². The molecule has 2 saturated heterocycles. The lowest BCUT2D eigenvalue weighted by Gasteiger charge is -2.55. The van der Waals surface area contributed by atoms with Crippen molar-refractivity contribution in [2.45, 2.75) is 97.4 Å². The predicted molar refractivity (Wildman–Crippen MR) is 184 cm³/mol. The van der Waals surface area contributed by atoms with E-state index in [1.165, 1.54) is 26.0 Å². The minimum atomic E-state index is -1.87. The molecule has 1 spiro atoms. The molecule has 4 N–H and O–H groups in total. The van der Waals surface area contributed by atoms with E-state index in [0.717, 1.165) is 0 Å². The number of nitrogens with one attached hydrogen (secondary N) is 1. The molecule has 0 radical (unpaired) electrons. The molecule has 2 aliphatic heterocycles. The number of hydrogen-bond acceptors (Lipinski definition) is 10. The van der Waals surface area contributed by atoms with Crippen LogP contribution in [0.4, 0.5) is 0 Å². The zero-order chi connectivity index (χ0) is 37.5. The number of nitrogens with zero attached hydrogens (tertiary/aromatic N) is 2. The van der Waals surface area contributed by atoms with Crippen LogP contribution in [0.1, 0.15) is 61.8 Å². The Morgan fingerprint density at radius 2 is 1.78 bits per heavy atom. The second-order valence-corrected chi connectivity index (χ2v) is 13.5. The summed E-state index contributed by atoms with van der Waals surface area (Å²) in [5, 5.41) is 47.2. The number of aliphatic hydroxyl groups is 3. The summed E-state index contributed by atoms with van der Waals surface area (Å²) in [5.74, 6) is -2.82. The lowest BCUT2D eigenvalue weighted by Crippen LogP contribution is -2.80. The molecule has 0 aromatic carbocycles. The van der Waals surface area contributed by atoms with Gasteiger partial charge in [-0.1, -0.05) is 68.5 Å². The maximum Gasteiger partial charge on any atom is 0.339 e. The minimum Gasteiger partial charge on any atom is -0.457 e. The van der Waals surface area contributed by atoms with E-state index in [4.69, 9.17) is 9.47 Å². The van der Waals surface area contributed by atoms with Crippen LogP contribution in [0.5, 0.6) is 0 Å². The maximum absolute atomic E-state index is 12.9. The Labute approximate surface area is 288 Å². The molecule has 13 nitrogen and oxygen atoms in total. The lowest BCUT2D eigenvalue weighted by atomic mass is 9.65. The van der Waals surface area contributed by atoms with Crippen LogP contribution in [0.2, 0.25) is 0 Å². The van der Waals surface area contributed by atoms with Crippen molar-refractivity contribution in [1.29, 1.82) is 0 Å². The lowest BCUT2D eigenvalue weighted by molar-refractivity contribution is -0.425. The third-order valence-electron chi connectivity index (χ3n) is 10.0. The number of esters is 1. The number of amides is 2. The summed E-state index contributed by atoms with van der Waals surface area (Å²) in [6.45, 7) is 13.2. The van der Waals surface area contributed by atoms with Gasteiger partial charge < -0.3 is 35.0 Å². The summed E-state index contributed by atoms with van der Waals surface area (Å²) in [6.07, 6.45) is 11.2. The van der Waals surface area contributed by atoms with Gasteiger partial charge in [0.1, 0.15) is 11.7 Å². The van der Waals surface area contributed by atoms with E-state index >= 15 is 0 Å². The highest BCUT2D eigenvalue weighted by atomic mass is 16.6. The van der Waals surface area contributed by atoms with Crippen molar-refractivity contribution < 1.29 is 44.1 Å². The van der Waals surface area contributed by atoms with Crippen LogP contribution in [-0.4, -0.2) is 99.2 Å². The molecule has 8 atom stereocenters. The van der Waals surface area contributed by atoms with E-state index in [-0.39, 0.29) is 24.6 Å². The van der Waals surface area contributed by atoms with Gasteiger partial charge >= 0.3 is 5.97 Å². The molecule has 0 bridgehead atoms. The van der Waals surface area contributed by atoms with Crippen LogP contribution in [0.3, 0.4) is 0 Å². The first-order chi connectivity index (χ1) is 22.7. The number of nitro groups is 1. The van der Waals surface area contributed by atoms with Crippen molar-refractivity contribution in [3.63, 3.8) is 0 Å². The molecule has 0 aromatic rings. The average Bonchev–Trinajstić information content (AvgIpc) is 3.22. The number of rotatable bonds is 16. The highest BCUT2D eigenvalue weighted by Gasteiger charge is 2.80. The molecule has 2 rings (SSSR count). The van der Waals surface area contributed by atoms with Crippen LogP contribution in [-0.2, 0) is 23.9 Å². The van der Waals surface area contributed by atoms with Gasteiger partial charge in [0.2, 0.25) is 23.1 Å². The molecular weight excluding hydrogens is 634 g/mol. The number of carbonyl (C=O) groups is 3. The average molecular weight is 688 g/mol. The fourth-order valence-electron chi connectivity index (χ4n) is 6.46. The molecular formula is C36H53N3O10. The number of methoxy groups -OCH3 is 1. The standard InChI is InChI=1S/C36H53N3O10/c1-22(26(5)39(46)47)17-13-11-14-18-23(2)30(41)34(7,8)32(43)37-20-16-12-15-19-28(40)24(3)21-29(48-10)36(45)25(4)31(42)38(9)35(36)27(6)49-33(35)44/h11-19,24-25,27-30,40-41,45H,20-21H2,1-10H3,(H,37,43)/b14-11+,16-12+,17-13+,19-15+,23-18+,26-22+/t24-,25+,27-,28+,29+,30-,35-,36-/m1/s1. The van der Waals surface area contributed by atoms with Crippen molar-refractivity contribution >= 4 is 17.8 Å². The largest absolute Gasteiger partial charge is 0.457 e. The summed E-state index contributed by atoms with van der Waals surface area (Å²) in [5.41, 5.74) is -3.46. The van der Waals surface area contributed by atoms with Gasteiger partial charge in [-0.05, 0) is 52.5 Å². The van der Waals surface area contributed by atoms with Crippen molar-refractivity contribution in [2.75, 3.05) is 20.7 Å². The Balaban J connectivity index is 1.95. The molecule has 2 aliphatic rings. The zero-order valence-corrected chi connectivity index (χ0v) is 30.2. The maximum atomic E-state index is 12.9. The van der Waals surface area contributed by atoms with Crippen LogP contribution in [0.15, 0.2) is 71.5 Å². The summed E-state index contributed by atoms with van der Waals surface area (Å²) < 4.78 is 10.9. The smallest absolute Gasteiger partial charge is 0.339 e. The molecule has 0 aromatic heterocycles. The van der Waals surface area contributed by atoms with Gasteiger partial charge in [-0.3, -0.25) is 19.7 Å². The molecule has 0 aliphatic carbocycles. The second-order valence-electron chi connectivity index (χ2n) is 13.5. The first-order valence-electron chi connectivity index (χ1n) is 16.3. The SMILES string of the molecule is CO[C@@H](C[C@@H](C)[C@@H](O)/C=C/C=C/CNC(=O)C(C)(C)[C@H](O)/C(C)=C/C=C/C=C/C(C)=C(\C)[N+](=O)[O-])[C@]1(O)[C@@H](C)C(=O)N(C)[C@]12C(=O)O[C@@H]2C. The summed E-state index contributed by atoms with van der Waals surface area (Å²) in [4.78, 5) is 50.2. The van der Waals surface area contributed by atoms with Gasteiger partial charge in [0.15, 0.2) is 0 Å². The first kappa shape index (κ1) is 41.3. The third-order valence-corrected chi connectivity index (χ3v) is 10.0. The molecule has 2 fully saturated rings. The van der Waals surface area contributed by atoms with E-state index < -0.39 is 69.6 Å². The van der Waals surface area contributed by atoms with Crippen LogP contribution in [0.25, 0.3) is 0 Å². The van der Waals surface area contributed by atoms with Crippen molar-refractivity contribution in [2.24, 2.45) is 17.3 Å². The highest BCUT2D eigenvalue weighted by molar-refractivity contribution is 5.99. The number of aliphatic hydroxyl groups excluding tert-OH is 2. The van der Waals surface area contributed by atoms with Crippen molar-refractivity contribution in [3.05, 3.63) is 81.6 Å². The second kappa shape index (κ2) is 16.7. The summed E-state index contributed by atoms with van der Waals surface area (Å²) in [6, 6.07) is 0. The van der Waals surface area contributed by atoms with E-state index in [1.807, 2.05) is 0 Å². The van der Waals surface area contributed by atoms with Crippen LogP contribution >= 0.6 is 0 Å². The fraction of sp³-hybridized carbons (Fsp3) is 0.583. The van der Waals surface area contributed by atoms with Gasteiger partial charge in [-0.2, -0.15) is 0 Å². The van der Waals surface area contributed by atoms with E-state index in [9.17, 15) is 39.8 Å². The topological polar surface area (TPSA) is 189 Å². The monoisotopic (exact) mass is 687 g/mol. The van der Waals surface area contributed by atoms with E-state index in [1.54, 1.807) is 103 Å². The third kappa shape index (κ3) is 8.12. The molecule has 49 heavy (non-hydrogen) atoms. The Bertz CT molecular complexity index is 1440. The summed E-state index contributed by atoms with van der Waals surface area (Å²) >= 11 is 0. The Morgan fingerprint density at radius 1 is 1.14 bits per heavy atom.